The van der Waals surface area contributed by atoms with Crippen LogP contribution in [0.5, 0.6) is 5.75 Å². The van der Waals surface area contributed by atoms with Crippen LogP contribution in [-0.4, -0.2) is 25.2 Å². The summed E-state index contributed by atoms with van der Waals surface area (Å²) < 4.78 is 0. The molecule has 5 nitrogen and oxygen atoms in total. The van der Waals surface area contributed by atoms with E-state index in [1.807, 2.05) is 6.92 Å². The molecule has 0 unspecified atom stereocenters. The second-order valence-electron chi connectivity index (χ2n) is 3.40. The van der Waals surface area contributed by atoms with E-state index in [1.54, 1.807) is 18.6 Å². The van der Waals surface area contributed by atoms with Crippen LogP contribution >= 0.6 is 0 Å². The highest BCUT2D eigenvalue weighted by Gasteiger charge is 2.15. The van der Waals surface area contributed by atoms with Crippen molar-refractivity contribution in [2.75, 3.05) is 0 Å². The van der Waals surface area contributed by atoms with E-state index in [0.29, 0.717) is 29.1 Å². The average molecular weight is 219 g/mol. The first-order chi connectivity index (χ1) is 7.77. The number of aryl methyl sites for hydroxylation is 1. The van der Waals surface area contributed by atoms with Crippen LogP contribution in [0.4, 0.5) is 0 Å². The minimum Gasteiger partial charge on any atom is -0.505 e. The normalized spacial score (nSPS) is 10.6. The molecule has 0 aliphatic rings. The minimum atomic E-state index is -0.180. The van der Waals surface area contributed by atoms with E-state index in [2.05, 4.69) is 15.0 Å². The molecule has 2 aromatic heterocycles. The molecule has 2 aromatic rings. The van der Waals surface area contributed by atoms with Crippen molar-refractivity contribution in [1.29, 1.82) is 0 Å². The number of aromatic nitrogens is 3. The molecule has 0 saturated carbocycles. The molecule has 2 heterocycles. The van der Waals surface area contributed by atoms with Gasteiger partial charge >= 0.3 is 0 Å². The van der Waals surface area contributed by atoms with E-state index in [1.165, 1.54) is 0 Å². The Labute approximate surface area is 92.8 Å². The monoisotopic (exact) mass is 219 g/mol. The van der Waals surface area contributed by atoms with Gasteiger partial charge in [-0.1, -0.05) is 6.92 Å². The number of aromatic amines is 1. The van der Waals surface area contributed by atoms with Gasteiger partial charge in [0.15, 0.2) is 0 Å². The predicted octanol–water partition coefficient (Wildman–Crippen LogP) is 1.23. The maximum Gasteiger partial charge on any atom is 0.148 e. The molecular weight excluding hydrogens is 206 g/mol. The number of aromatic hydroxyl groups is 1. The largest absolute Gasteiger partial charge is 0.505 e. The molecule has 16 heavy (non-hydrogen) atoms. The maximum absolute atomic E-state index is 10.0. The van der Waals surface area contributed by atoms with Gasteiger partial charge in [0, 0.05) is 24.2 Å². The summed E-state index contributed by atoms with van der Waals surface area (Å²) in [7, 11) is 0. The zero-order chi connectivity index (χ0) is 11.5. The molecule has 0 amide bonds. The second kappa shape index (κ2) is 4.32. The summed E-state index contributed by atoms with van der Waals surface area (Å²) in [5.41, 5.74) is 1.69. The number of nitrogens with zero attached hydrogens (tertiary/aromatic N) is 2. The van der Waals surface area contributed by atoms with Gasteiger partial charge in [-0.25, -0.2) is 4.98 Å². The predicted molar refractivity (Wildman–Crippen MR) is 58.8 cm³/mol. The molecule has 2 rings (SSSR count). The minimum absolute atomic E-state index is 0.0870. The number of hydrogen-bond donors (Lipinski definition) is 3. The fourth-order valence-electron chi connectivity index (χ4n) is 1.62. The first-order valence-corrected chi connectivity index (χ1v) is 5.08. The lowest BCUT2D eigenvalue weighted by Crippen LogP contribution is -1.98. The number of imidazole rings is 1. The van der Waals surface area contributed by atoms with Crippen LogP contribution < -0.4 is 0 Å². The average Bonchev–Trinajstić information content (AvgIpc) is 2.81. The van der Waals surface area contributed by atoms with Crippen LogP contribution in [0.2, 0.25) is 0 Å². The molecule has 0 radical (unpaired) electrons. The van der Waals surface area contributed by atoms with Gasteiger partial charge in [0.1, 0.15) is 11.6 Å². The van der Waals surface area contributed by atoms with Crippen LogP contribution in [0, 0.1) is 0 Å². The SMILES string of the molecule is CCc1ncc(CO)c(-c2ncc[nH]2)c1O. The Bertz CT molecular complexity index is 480. The van der Waals surface area contributed by atoms with Crippen LogP contribution in [0.1, 0.15) is 18.2 Å². The molecule has 0 bridgehead atoms. The molecule has 0 atom stereocenters. The smallest absolute Gasteiger partial charge is 0.148 e. The first kappa shape index (κ1) is 10.6. The summed E-state index contributed by atoms with van der Waals surface area (Å²) in [6, 6.07) is 0. The molecule has 3 N–H and O–H groups in total. The fourth-order valence-corrected chi connectivity index (χ4v) is 1.62. The third-order valence-electron chi connectivity index (χ3n) is 2.45. The Balaban J connectivity index is 2.65. The van der Waals surface area contributed by atoms with E-state index in [0.717, 1.165) is 0 Å². The van der Waals surface area contributed by atoms with Crippen molar-refractivity contribution in [1.82, 2.24) is 15.0 Å². The molecule has 0 aliphatic carbocycles. The Hall–Kier alpha value is -1.88. The standard InChI is InChI=1S/C11H13N3O2/c1-2-8-10(16)9(7(6-15)5-14-8)11-12-3-4-13-11/h3-5,15-16H,2,6H2,1H3,(H,12,13). The number of H-pyrrole nitrogens is 1. The maximum atomic E-state index is 10.0. The topological polar surface area (TPSA) is 82.0 Å². The number of aliphatic hydroxyl groups excluding tert-OH is 1. The van der Waals surface area contributed by atoms with Crippen LogP contribution in [0.3, 0.4) is 0 Å². The highest BCUT2D eigenvalue weighted by atomic mass is 16.3. The highest BCUT2D eigenvalue weighted by Crippen LogP contribution is 2.32. The van der Waals surface area contributed by atoms with E-state index in [-0.39, 0.29) is 12.4 Å². The van der Waals surface area contributed by atoms with Crippen LogP contribution in [-0.2, 0) is 13.0 Å². The Morgan fingerprint density at radius 3 is 2.75 bits per heavy atom. The Morgan fingerprint density at radius 1 is 1.38 bits per heavy atom. The molecule has 0 saturated heterocycles. The summed E-state index contributed by atoms with van der Waals surface area (Å²) in [4.78, 5) is 11.1. The zero-order valence-corrected chi connectivity index (χ0v) is 8.94. The first-order valence-electron chi connectivity index (χ1n) is 5.08. The van der Waals surface area contributed by atoms with E-state index in [4.69, 9.17) is 0 Å². The van der Waals surface area contributed by atoms with Crippen molar-refractivity contribution in [2.24, 2.45) is 0 Å². The lowest BCUT2D eigenvalue weighted by Gasteiger charge is -2.10. The van der Waals surface area contributed by atoms with Gasteiger partial charge in [0.2, 0.25) is 0 Å². The molecule has 5 heteroatoms. The van der Waals surface area contributed by atoms with Gasteiger partial charge < -0.3 is 15.2 Å². The van der Waals surface area contributed by atoms with Gasteiger partial charge in [-0.15, -0.1) is 0 Å². The lowest BCUT2D eigenvalue weighted by atomic mass is 10.1. The van der Waals surface area contributed by atoms with E-state index < -0.39 is 0 Å². The quantitative estimate of drug-likeness (QED) is 0.725. The Kier molecular flexibility index (Phi) is 2.87. The molecule has 84 valence electrons. The number of nitrogens with one attached hydrogen (secondary N) is 1. The summed E-state index contributed by atoms with van der Waals surface area (Å²) in [5, 5.41) is 19.3. The van der Waals surface area contributed by atoms with Crippen molar-refractivity contribution in [2.45, 2.75) is 20.0 Å². The van der Waals surface area contributed by atoms with Crippen molar-refractivity contribution in [3.05, 3.63) is 29.8 Å². The molecule has 0 spiro atoms. The fraction of sp³-hybridized carbons (Fsp3) is 0.273. The van der Waals surface area contributed by atoms with Crippen LogP contribution in [0.15, 0.2) is 18.6 Å². The number of pyridine rings is 1. The number of hydrogen-bond acceptors (Lipinski definition) is 4. The van der Waals surface area contributed by atoms with Crippen molar-refractivity contribution in [3.8, 4) is 17.1 Å². The molecule has 0 aliphatic heterocycles. The van der Waals surface area contributed by atoms with Crippen molar-refractivity contribution >= 4 is 0 Å². The second-order valence-corrected chi connectivity index (χ2v) is 3.40. The van der Waals surface area contributed by atoms with Gasteiger partial charge in [-0.2, -0.15) is 0 Å². The number of rotatable bonds is 3. The van der Waals surface area contributed by atoms with Gasteiger partial charge in [-0.05, 0) is 6.42 Å². The van der Waals surface area contributed by atoms with Gasteiger partial charge in [0.05, 0.1) is 17.9 Å². The van der Waals surface area contributed by atoms with Crippen LogP contribution in [0.25, 0.3) is 11.4 Å². The summed E-state index contributed by atoms with van der Waals surface area (Å²) in [5.74, 6) is 0.627. The summed E-state index contributed by atoms with van der Waals surface area (Å²) in [6.45, 7) is 1.73. The number of aliphatic hydroxyl groups is 1. The van der Waals surface area contributed by atoms with Crippen molar-refractivity contribution in [3.63, 3.8) is 0 Å². The molecule has 0 aromatic carbocycles. The third-order valence-corrected chi connectivity index (χ3v) is 2.45. The Morgan fingerprint density at radius 2 is 2.19 bits per heavy atom. The lowest BCUT2D eigenvalue weighted by molar-refractivity contribution is 0.281. The van der Waals surface area contributed by atoms with Crippen molar-refractivity contribution < 1.29 is 10.2 Å². The molecule has 0 fully saturated rings. The highest BCUT2D eigenvalue weighted by molar-refractivity contribution is 5.68. The third kappa shape index (κ3) is 1.65. The van der Waals surface area contributed by atoms with E-state index in [9.17, 15) is 10.2 Å². The van der Waals surface area contributed by atoms with E-state index >= 15 is 0 Å². The summed E-state index contributed by atoms with van der Waals surface area (Å²) >= 11 is 0. The van der Waals surface area contributed by atoms with Gasteiger partial charge in [0.25, 0.3) is 0 Å². The molecular formula is C11H13N3O2. The summed E-state index contributed by atoms with van der Waals surface area (Å²) in [6.07, 6.45) is 5.46. The van der Waals surface area contributed by atoms with Gasteiger partial charge in [-0.3, -0.25) is 4.98 Å². The zero-order valence-electron chi connectivity index (χ0n) is 8.94.